The molecule has 0 spiro atoms. The molecule has 0 atom stereocenters. The molecule has 2 N–H and O–H groups in total. The lowest BCUT2D eigenvalue weighted by molar-refractivity contribution is 0.307. The van der Waals surface area contributed by atoms with Gasteiger partial charge in [0.25, 0.3) is 0 Å². The van der Waals surface area contributed by atoms with Crippen molar-refractivity contribution in [2.24, 2.45) is 0 Å². The number of anilines is 2. The monoisotopic (exact) mass is 258 g/mol. The van der Waals surface area contributed by atoms with Crippen LogP contribution in [-0.2, 0) is 6.54 Å². The van der Waals surface area contributed by atoms with Gasteiger partial charge in [-0.05, 0) is 29.8 Å². The van der Waals surface area contributed by atoms with Crippen LogP contribution in [0.4, 0.5) is 15.8 Å². The third-order valence-electron chi connectivity index (χ3n) is 3.23. The molecule has 98 valence electrons. The van der Waals surface area contributed by atoms with Crippen LogP contribution in [0.1, 0.15) is 5.56 Å². The average Bonchev–Trinajstić information content (AvgIpc) is 2.39. The Hall–Kier alpha value is -2.23. The van der Waals surface area contributed by atoms with E-state index in [1.54, 1.807) is 12.1 Å². The molecular weight excluding hydrogens is 243 g/mol. The molecule has 1 aliphatic heterocycles. The number of nitrogen functional groups attached to an aromatic ring is 1. The van der Waals surface area contributed by atoms with E-state index in [2.05, 4.69) is 4.90 Å². The molecule has 0 aliphatic carbocycles. The molecule has 19 heavy (non-hydrogen) atoms. The number of ether oxygens (including phenoxy) is 1. The number of hydrogen-bond acceptors (Lipinski definition) is 3. The topological polar surface area (TPSA) is 38.5 Å². The first-order valence-corrected chi connectivity index (χ1v) is 6.25. The predicted molar refractivity (Wildman–Crippen MR) is 73.8 cm³/mol. The van der Waals surface area contributed by atoms with Crippen molar-refractivity contribution in [3.63, 3.8) is 0 Å². The number of hydrogen-bond donors (Lipinski definition) is 1. The van der Waals surface area contributed by atoms with Crippen LogP contribution >= 0.6 is 0 Å². The maximum absolute atomic E-state index is 13.2. The number of nitrogens with two attached hydrogens (primary N) is 1. The smallest absolute Gasteiger partial charge is 0.144 e. The first-order chi connectivity index (χ1) is 9.24. The Morgan fingerprint density at radius 3 is 2.89 bits per heavy atom. The molecule has 0 aromatic heterocycles. The Balaban J connectivity index is 1.92. The van der Waals surface area contributed by atoms with Crippen LogP contribution in [0.15, 0.2) is 42.5 Å². The third kappa shape index (κ3) is 2.34. The molecule has 3 nitrogen and oxygen atoms in total. The standard InChI is InChI=1S/C15H15FN2O/c16-12-4-1-3-11(9-12)10-18-7-8-19-14-6-2-5-13(17)15(14)18/h1-6,9H,7-8,10,17H2. The van der Waals surface area contributed by atoms with Crippen LogP contribution in [-0.4, -0.2) is 13.2 Å². The van der Waals surface area contributed by atoms with Gasteiger partial charge in [-0.2, -0.15) is 0 Å². The molecule has 2 aromatic carbocycles. The summed E-state index contributed by atoms with van der Waals surface area (Å²) >= 11 is 0. The molecule has 0 saturated carbocycles. The van der Waals surface area contributed by atoms with Gasteiger partial charge in [-0.15, -0.1) is 0 Å². The maximum Gasteiger partial charge on any atom is 0.144 e. The number of rotatable bonds is 2. The van der Waals surface area contributed by atoms with Gasteiger partial charge in [0.1, 0.15) is 23.9 Å². The lowest BCUT2D eigenvalue weighted by Gasteiger charge is -2.32. The van der Waals surface area contributed by atoms with E-state index in [0.717, 1.165) is 23.5 Å². The number of fused-ring (bicyclic) bond motifs is 1. The summed E-state index contributed by atoms with van der Waals surface area (Å²) in [7, 11) is 0. The Bertz CT molecular complexity index is 600. The van der Waals surface area contributed by atoms with E-state index in [4.69, 9.17) is 10.5 Å². The molecule has 0 bridgehead atoms. The van der Waals surface area contributed by atoms with Gasteiger partial charge in [0, 0.05) is 6.54 Å². The lowest BCUT2D eigenvalue weighted by Crippen LogP contribution is -2.32. The van der Waals surface area contributed by atoms with Gasteiger partial charge < -0.3 is 15.4 Å². The second-order valence-corrected chi connectivity index (χ2v) is 4.59. The molecule has 0 radical (unpaired) electrons. The van der Waals surface area contributed by atoms with E-state index in [0.29, 0.717) is 18.8 Å². The van der Waals surface area contributed by atoms with E-state index in [-0.39, 0.29) is 5.82 Å². The first kappa shape index (κ1) is 11.8. The van der Waals surface area contributed by atoms with Crippen LogP contribution < -0.4 is 15.4 Å². The summed E-state index contributed by atoms with van der Waals surface area (Å²) in [5.41, 5.74) is 8.54. The molecule has 4 heteroatoms. The van der Waals surface area contributed by atoms with Crippen LogP contribution in [0.5, 0.6) is 5.75 Å². The van der Waals surface area contributed by atoms with Crippen LogP contribution in [0.2, 0.25) is 0 Å². The van der Waals surface area contributed by atoms with Crippen molar-refractivity contribution in [2.75, 3.05) is 23.8 Å². The largest absolute Gasteiger partial charge is 0.489 e. The van der Waals surface area contributed by atoms with Gasteiger partial charge in [0.05, 0.1) is 12.2 Å². The highest BCUT2D eigenvalue weighted by Crippen LogP contribution is 2.37. The van der Waals surface area contributed by atoms with E-state index >= 15 is 0 Å². The van der Waals surface area contributed by atoms with Crippen molar-refractivity contribution in [2.45, 2.75) is 6.54 Å². The summed E-state index contributed by atoms with van der Waals surface area (Å²) in [4.78, 5) is 2.13. The summed E-state index contributed by atoms with van der Waals surface area (Å²) < 4.78 is 18.8. The second kappa shape index (κ2) is 4.80. The lowest BCUT2D eigenvalue weighted by atomic mass is 10.1. The van der Waals surface area contributed by atoms with E-state index in [9.17, 15) is 4.39 Å². The summed E-state index contributed by atoms with van der Waals surface area (Å²) in [6, 6.07) is 12.3. The van der Waals surface area contributed by atoms with Crippen molar-refractivity contribution in [3.8, 4) is 5.75 Å². The Morgan fingerprint density at radius 2 is 2.05 bits per heavy atom. The minimum atomic E-state index is -0.216. The quantitative estimate of drug-likeness (QED) is 0.842. The molecule has 0 amide bonds. The zero-order chi connectivity index (χ0) is 13.2. The fourth-order valence-electron chi connectivity index (χ4n) is 2.39. The highest BCUT2D eigenvalue weighted by Gasteiger charge is 2.20. The van der Waals surface area contributed by atoms with Crippen LogP contribution in [0.3, 0.4) is 0 Å². The highest BCUT2D eigenvalue weighted by molar-refractivity contribution is 5.75. The summed E-state index contributed by atoms with van der Waals surface area (Å²) in [6.45, 7) is 1.99. The predicted octanol–water partition coefficient (Wildman–Crippen LogP) is 2.81. The van der Waals surface area contributed by atoms with Crippen LogP contribution in [0, 0.1) is 5.82 Å². The minimum Gasteiger partial charge on any atom is -0.489 e. The summed E-state index contributed by atoms with van der Waals surface area (Å²) in [5, 5.41) is 0. The first-order valence-electron chi connectivity index (χ1n) is 6.25. The molecule has 2 aromatic rings. The van der Waals surface area contributed by atoms with Crippen molar-refractivity contribution >= 4 is 11.4 Å². The van der Waals surface area contributed by atoms with Gasteiger partial charge in [-0.1, -0.05) is 18.2 Å². The SMILES string of the molecule is Nc1cccc2c1N(Cc1cccc(F)c1)CCO2. The van der Waals surface area contributed by atoms with Crippen molar-refractivity contribution in [1.82, 2.24) is 0 Å². The zero-order valence-electron chi connectivity index (χ0n) is 10.5. The van der Waals surface area contributed by atoms with Crippen molar-refractivity contribution in [1.29, 1.82) is 0 Å². The number of para-hydroxylation sites is 1. The highest BCUT2D eigenvalue weighted by atomic mass is 19.1. The minimum absolute atomic E-state index is 0.216. The molecule has 0 saturated heterocycles. The van der Waals surface area contributed by atoms with E-state index in [1.807, 2.05) is 24.3 Å². The summed E-state index contributed by atoms with van der Waals surface area (Å²) in [6.07, 6.45) is 0. The fourth-order valence-corrected chi connectivity index (χ4v) is 2.39. The number of halogens is 1. The number of nitrogens with zero attached hydrogens (tertiary/aromatic N) is 1. The fraction of sp³-hybridized carbons (Fsp3) is 0.200. The number of benzene rings is 2. The Kier molecular flexibility index (Phi) is 2.99. The van der Waals surface area contributed by atoms with E-state index < -0.39 is 0 Å². The van der Waals surface area contributed by atoms with Gasteiger partial charge >= 0.3 is 0 Å². The average molecular weight is 258 g/mol. The van der Waals surface area contributed by atoms with Gasteiger partial charge in [0.2, 0.25) is 0 Å². The van der Waals surface area contributed by atoms with Crippen LogP contribution in [0.25, 0.3) is 0 Å². The zero-order valence-corrected chi connectivity index (χ0v) is 10.5. The molecular formula is C15H15FN2O. The molecule has 0 fully saturated rings. The van der Waals surface area contributed by atoms with Crippen molar-refractivity contribution < 1.29 is 9.13 Å². The summed E-state index contributed by atoms with van der Waals surface area (Å²) in [5.74, 6) is 0.578. The van der Waals surface area contributed by atoms with Gasteiger partial charge in [-0.3, -0.25) is 0 Å². The van der Waals surface area contributed by atoms with E-state index in [1.165, 1.54) is 6.07 Å². The van der Waals surface area contributed by atoms with Gasteiger partial charge in [-0.25, -0.2) is 4.39 Å². The van der Waals surface area contributed by atoms with Gasteiger partial charge in [0.15, 0.2) is 0 Å². The van der Waals surface area contributed by atoms with Crippen molar-refractivity contribution in [3.05, 3.63) is 53.8 Å². The molecule has 3 rings (SSSR count). The Morgan fingerprint density at radius 1 is 1.21 bits per heavy atom. The maximum atomic E-state index is 13.2. The normalized spacial score (nSPS) is 13.8. The molecule has 0 unspecified atom stereocenters. The Labute approximate surface area is 111 Å². The molecule has 1 heterocycles. The molecule has 1 aliphatic rings. The second-order valence-electron chi connectivity index (χ2n) is 4.59. The third-order valence-corrected chi connectivity index (χ3v) is 3.23.